The topological polar surface area (TPSA) is 49.4 Å². The maximum absolute atomic E-state index is 12.6. The second kappa shape index (κ2) is 7.90. The first-order valence-electron chi connectivity index (χ1n) is 9.08. The Balaban J connectivity index is 1.59. The van der Waals surface area contributed by atoms with E-state index in [1.807, 2.05) is 78.6 Å². The van der Waals surface area contributed by atoms with Gasteiger partial charge >= 0.3 is 0 Å². The zero-order chi connectivity index (χ0) is 19.5. The van der Waals surface area contributed by atoms with Crippen LogP contribution in [0.1, 0.15) is 26.9 Å². The Bertz CT molecular complexity index is 1020. The van der Waals surface area contributed by atoms with Crippen molar-refractivity contribution in [1.29, 1.82) is 0 Å². The molecule has 0 saturated carbocycles. The monoisotopic (exact) mass is 388 g/mol. The van der Waals surface area contributed by atoms with E-state index < -0.39 is 0 Å². The Morgan fingerprint density at radius 2 is 1.79 bits per heavy atom. The van der Waals surface area contributed by atoms with E-state index in [1.165, 1.54) is 0 Å². The van der Waals surface area contributed by atoms with E-state index >= 15 is 0 Å². The Kier molecular flexibility index (Phi) is 5.17. The highest BCUT2D eigenvalue weighted by atomic mass is 32.2. The molecule has 0 radical (unpaired) electrons. The summed E-state index contributed by atoms with van der Waals surface area (Å²) in [7, 11) is 0. The molecule has 28 heavy (non-hydrogen) atoms. The molecule has 5 heteroatoms. The molecule has 2 amide bonds. The van der Waals surface area contributed by atoms with Crippen molar-refractivity contribution >= 4 is 35.0 Å². The summed E-state index contributed by atoms with van der Waals surface area (Å²) in [5.41, 5.74) is 4.34. The van der Waals surface area contributed by atoms with Gasteiger partial charge in [0.25, 0.3) is 5.91 Å². The summed E-state index contributed by atoms with van der Waals surface area (Å²) in [6.45, 7) is 2.02. The van der Waals surface area contributed by atoms with E-state index in [4.69, 9.17) is 0 Å². The van der Waals surface area contributed by atoms with E-state index in [0.717, 1.165) is 22.5 Å². The van der Waals surface area contributed by atoms with Gasteiger partial charge in [0.2, 0.25) is 5.91 Å². The lowest BCUT2D eigenvalue weighted by Gasteiger charge is -2.25. The first-order chi connectivity index (χ1) is 13.6. The summed E-state index contributed by atoms with van der Waals surface area (Å²) in [5, 5.41) is 2.84. The molecule has 3 aromatic rings. The first kappa shape index (κ1) is 18.3. The minimum Gasteiger partial charge on any atom is -0.322 e. The van der Waals surface area contributed by atoms with Crippen LogP contribution in [0.15, 0.2) is 78.9 Å². The van der Waals surface area contributed by atoms with Crippen LogP contribution < -0.4 is 10.2 Å². The number of amides is 2. The normalized spacial score (nSPS) is 16.2. The van der Waals surface area contributed by atoms with Gasteiger partial charge in [-0.25, -0.2) is 0 Å². The third-order valence-corrected chi connectivity index (χ3v) is 5.83. The molecule has 4 nitrogen and oxygen atoms in total. The summed E-state index contributed by atoms with van der Waals surface area (Å²) in [5.74, 6) is 0.391. The van der Waals surface area contributed by atoms with Gasteiger partial charge in [0.05, 0.1) is 5.75 Å². The van der Waals surface area contributed by atoms with Crippen molar-refractivity contribution in [3.8, 4) is 0 Å². The van der Waals surface area contributed by atoms with Crippen LogP contribution in [0, 0.1) is 6.92 Å². The van der Waals surface area contributed by atoms with Gasteiger partial charge in [-0.2, -0.15) is 0 Å². The van der Waals surface area contributed by atoms with Gasteiger partial charge in [0.15, 0.2) is 0 Å². The van der Waals surface area contributed by atoms with Crippen molar-refractivity contribution in [1.82, 2.24) is 0 Å². The van der Waals surface area contributed by atoms with Crippen molar-refractivity contribution in [2.45, 2.75) is 12.3 Å². The number of carbonyl (C=O) groups excluding carboxylic acids is 2. The molecule has 1 atom stereocenters. The number of aryl methyl sites for hydroxylation is 1. The Hall–Kier alpha value is -3.05. The zero-order valence-corrected chi connectivity index (χ0v) is 16.3. The first-order valence-corrected chi connectivity index (χ1v) is 10.1. The molecule has 4 rings (SSSR count). The van der Waals surface area contributed by atoms with Crippen molar-refractivity contribution in [3.05, 3.63) is 95.6 Å². The summed E-state index contributed by atoms with van der Waals surface area (Å²) in [6.07, 6.45) is 0. The highest BCUT2D eigenvalue weighted by molar-refractivity contribution is 8.00. The smallest absolute Gasteiger partial charge is 0.255 e. The van der Waals surface area contributed by atoms with Crippen LogP contribution in [0.3, 0.4) is 0 Å². The average molecular weight is 388 g/mol. The fourth-order valence-electron chi connectivity index (χ4n) is 3.29. The summed E-state index contributed by atoms with van der Waals surface area (Å²) in [4.78, 5) is 26.8. The molecule has 140 valence electrons. The molecular formula is C23H20N2O2S. The summed E-state index contributed by atoms with van der Waals surface area (Å²) < 4.78 is 0. The molecule has 1 N–H and O–H groups in total. The standard InChI is InChI=1S/C23H20N2O2S/c1-16-7-5-12-20(13-16)25-21(26)15-28-23(25)18-10-6-11-19(14-18)24-22(27)17-8-3-2-4-9-17/h2-14,23H,15H2,1H3,(H,24,27)/t23-/m0/s1. The second-order valence-corrected chi connectivity index (χ2v) is 7.78. The van der Waals surface area contributed by atoms with Crippen LogP contribution >= 0.6 is 11.8 Å². The van der Waals surface area contributed by atoms with Gasteiger partial charge in [-0.1, -0.05) is 42.5 Å². The van der Waals surface area contributed by atoms with Crippen molar-refractivity contribution in [2.75, 3.05) is 16.0 Å². The lowest BCUT2D eigenvalue weighted by Crippen LogP contribution is -2.27. The number of anilines is 2. The lowest BCUT2D eigenvalue weighted by molar-refractivity contribution is -0.115. The number of thioether (sulfide) groups is 1. The molecule has 0 unspecified atom stereocenters. The molecule has 1 fully saturated rings. The second-order valence-electron chi connectivity index (χ2n) is 6.71. The third-order valence-electron chi connectivity index (χ3n) is 4.61. The van der Waals surface area contributed by atoms with E-state index in [-0.39, 0.29) is 17.2 Å². The Morgan fingerprint density at radius 3 is 2.57 bits per heavy atom. The maximum Gasteiger partial charge on any atom is 0.255 e. The number of benzene rings is 3. The highest BCUT2D eigenvalue weighted by Crippen LogP contribution is 2.42. The predicted molar refractivity (Wildman–Crippen MR) is 115 cm³/mol. The molecule has 3 aromatic carbocycles. The van der Waals surface area contributed by atoms with Crippen LogP contribution in [0.2, 0.25) is 0 Å². The Morgan fingerprint density at radius 1 is 1.00 bits per heavy atom. The molecular weight excluding hydrogens is 368 g/mol. The molecule has 1 saturated heterocycles. The number of rotatable bonds is 4. The van der Waals surface area contributed by atoms with Crippen LogP contribution in [0.4, 0.5) is 11.4 Å². The van der Waals surface area contributed by atoms with Gasteiger partial charge in [-0.05, 0) is 54.4 Å². The number of hydrogen-bond donors (Lipinski definition) is 1. The fourth-order valence-corrected chi connectivity index (χ4v) is 4.46. The van der Waals surface area contributed by atoms with Crippen molar-refractivity contribution < 1.29 is 9.59 Å². The van der Waals surface area contributed by atoms with E-state index in [1.54, 1.807) is 23.9 Å². The average Bonchev–Trinajstić information content (AvgIpc) is 3.10. The van der Waals surface area contributed by atoms with Crippen LogP contribution in [-0.2, 0) is 4.79 Å². The van der Waals surface area contributed by atoms with Crippen molar-refractivity contribution in [2.24, 2.45) is 0 Å². The van der Waals surface area contributed by atoms with E-state index in [2.05, 4.69) is 5.32 Å². The van der Waals surface area contributed by atoms with Gasteiger partial charge < -0.3 is 5.32 Å². The summed E-state index contributed by atoms with van der Waals surface area (Å²) in [6, 6.07) is 24.8. The third kappa shape index (κ3) is 3.80. The Labute approximate surface area is 168 Å². The molecule has 1 aliphatic rings. The lowest BCUT2D eigenvalue weighted by atomic mass is 10.1. The van der Waals surface area contributed by atoms with Gasteiger partial charge in [-0.3, -0.25) is 14.5 Å². The number of hydrogen-bond acceptors (Lipinski definition) is 3. The fraction of sp³-hybridized carbons (Fsp3) is 0.130. The molecule has 0 bridgehead atoms. The van der Waals surface area contributed by atoms with Crippen molar-refractivity contribution in [3.63, 3.8) is 0 Å². The van der Waals surface area contributed by atoms with Crippen LogP contribution in [0.25, 0.3) is 0 Å². The SMILES string of the molecule is Cc1cccc(N2C(=O)CS[C@H]2c2cccc(NC(=O)c3ccccc3)c2)c1. The quantitative estimate of drug-likeness (QED) is 0.682. The number of carbonyl (C=O) groups is 2. The minimum atomic E-state index is -0.150. The van der Waals surface area contributed by atoms with Gasteiger partial charge in [-0.15, -0.1) is 11.8 Å². The number of nitrogens with zero attached hydrogens (tertiary/aromatic N) is 1. The van der Waals surface area contributed by atoms with Gasteiger partial charge in [0, 0.05) is 16.9 Å². The van der Waals surface area contributed by atoms with E-state index in [0.29, 0.717) is 11.3 Å². The molecule has 0 spiro atoms. The summed E-state index contributed by atoms with van der Waals surface area (Å²) >= 11 is 1.60. The van der Waals surface area contributed by atoms with E-state index in [9.17, 15) is 9.59 Å². The maximum atomic E-state index is 12.6. The molecule has 1 heterocycles. The van der Waals surface area contributed by atoms with Crippen LogP contribution in [-0.4, -0.2) is 17.6 Å². The molecule has 0 aliphatic carbocycles. The van der Waals surface area contributed by atoms with Crippen LogP contribution in [0.5, 0.6) is 0 Å². The predicted octanol–water partition coefficient (Wildman–Crippen LogP) is 5.03. The zero-order valence-electron chi connectivity index (χ0n) is 15.5. The highest BCUT2D eigenvalue weighted by Gasteiger charge is 2.34. The molecule has 1 aliphatic heterocycles. The largest absolute Gasteiger partial charge is 0.322 e. The number of nitrogens with one attached hydrogen (secondary N) is 1. The van der Waals surface area contributed by atoms with Gasteiger partial charge in [0.1, 0.15) is 5.37 Å². The minimum absolute atomic E-state index is 0.0966. The molecule has 0 aromatic heterocycles.